The van der Waals surface area contributed by atoms with E-state index in [2.05, 4.69) is 29.2 Å². The fraction of sp³-hybridized carbons (Fsp3) is 0.375. The van der Waals surface area contributed by atoms with Gasteiger partial charge < -0.3 is 10.2 Å². The smallest absolute Gasteiger partial charge is 0.307 e. The van der Waals surface area contributed by atoms with E-state index < -0.39 is 11.0 Å². The molecule has 1 N–H and O–H groups in total. The summed E-state index contributed by atoms with van der Waals surface area (Å²) in [6.07, 6.45) is 2.37. The average Bonchev–Trinajstić information content (AvgIpc) is 3.07. The number of benzene rings is 1. The molecule has 2 rings (SSSR count). The molecule has 0 spiro atoms. The number of anilines is 2. The van der Waals surface area contributed by atoms with Crippen LogP contribution in [-0.4, -0.2) is 33.7 Å². The lowest BCUT2D eigenvalue weighted by Gasteiger charge is -2.21. The van der Waals surface area contributed by atoms with Crippen molar-refractivity contribution in [2.24, 2.45) is 0 Å². The molecule has 1 aromatic heterocycles. The minimum absolute atomic E-state index is 0.141. The van der Waals surface area contributed by atoms with Crippen LogP contribution in [0.25, 0.3) is 0 Å². The fourth-order valence-electron chi connectivity index (χ4n) is 2.35. The maximum absolute atomic E-state index is 12.3. The molecule has 1 amide bonds. The Hall–Kier alpha value is -2.90. The summed E-state index contributed by atoms with van der Waals surface area (Å²) in [6, 6.07) is 6.92. The molecule has 8 heteroatoms. The zero-order valence-electron chi connectivity index (χ0n) is 14.0. The molecule has 2 aromatic rings. The van der Waals surface area contributed by atoms with Crippen LogP contribution >= 0.6 is 0 Å². The summed E-state index contributed by atoms with van der Waals surface area (Å²) in [5.74, 6) is -0.288. The molecule has 0 bridgehead atoms. The number of nitrogens with one attached hydrogen (secondary N) is 1. The fourth-order valence-corrected chi connectivity index (χ4v) is 2.35. The van der Waals surface area contributed by atoms with Gasteiger partial charge in [0.15, 0.2) is 0 Å². The second-order valence-corrected chi connectivity index (χ2v) is 5.32. The zero-order chi connectivity index (χ0) is 17.7. The molecule has 128 valence electrons. The Labute approximate surface area is 140 Å². The third kappa shape index (κ3) is 3.89. The molecule has 24 heavy (non-hydrogen) atoms. The van der Waals surface area contributed by atoms with Crippen LogP contribution in [-0.2, 0) is 4.79 Å². The highest BCUT2D eigenvalue weighted by molar-refractivity contribution is 5.93. The standard InChI is InChI=1S/C16H21N5O3/c1-4-19(5-2)14-8-6-13(7-9-14)18-16(22)12(3)20-11-15(10-17-20)21(23)24/h6-12H,4-5H2,1-3H3,(H,18,22). The highest BCUT2D eigenvalue weighted by Gasteiger charge is 2.19. The predicted octanol–water partition coefficient (Wildman–Crippen LogP) is 2.84. The van der Waals surface area contributed by atoms with Gasteiger partial charge in [0.25, 0.3) is 0 Å². The number of rotatable bonds is 7. The quantitative estimate of drug-likeness (QED) is 0.622. The first-order valence-electron chi connectivity index (χ1n) is 7.80. The molecule has 0 aliphatic heterocycles. The van der Waals surface area contributed by atoms with Crippen molar-refractivity contribution in [1.29, 1.82) is 0 Å². The second kappa shape index (κ2) is 7.58. The van der Waals surface area contributed by atoms with E-state index in [1.54, 1.807) is 6.92 Å². The van der Waals surface area contributed by atoms with Gasteiger partial charge in [-0.2, -0.15) is 5.10 Å². The summed E-state index contributed by atoms with van der Waals surface area (Å²) in [6.45, 7) is 7.64. The summed E-state index contributed by atoms with van der Waals surface area (Å²) >= 11 is 0. The number of hydrogen-bond acceptors (Lipinski definition) is 5. The number of aromatic nitrogens is 2. The van der Waals surface area contributed by atoms with Crippen LogP contribution in [0.4, 0.5) is 17.1 Å². The van der Waals surface area contributed by atoms with E-state index in [0.29, 0.717) is 5.69 Å². The van der Waals surface area contributed by atoms with Crippen LogP contribution in [0, 0.1) is 10.1 Å². The van der Waals surface area contributed by atoms with E-state index in [1.807, 2.05) is 24.3 Å². The summed E-state index contributed by atoms with van der Waals surface area (Å²) < 4.78 is 1.28. The normalized spacial score (nSPS) is 11.8. The van der Waals surface area contributed by atoms with Crippen LogP contribution in [0.5, 0.6) is 0 Å². The van der Waals surface area contributed by atoms with Gasteiger partial charge in [0, 0.05) is 24.5 Å². The lowest BCUT2D eigenvalue weighted by atomic mass is 10.2. The SMILES string of the molecule is CCN(CC)c1ccc(NC(=O)C(C)n2cc([N+](=O)[O-])cn2)cc1. The monoisotopic (exact) mass is 331 g/mol. The average molecular weight is 331 g/mol. The van der Waals surface area contributed by atoms with E-state index in [4.69, 9.17) is 0 Å². The number of amides is 1. The lowest BCUT2D eigenvalue weighted by molar-refractivity contribution is -0.385. The van der Waals surface area contributed by atoms with Crippen LogP contribution in [0.15, 0.2) is 36.7 Å². The largest absolute Gasteiger partial charge is 0.372 e. The van der Waals surface area contributed by atoms with Crippen LogP contribution < -0.4 is 10.2 Å². The molecule has 1 heterocycles. The Bertz CT molecular complexity index is 707. The molecule has 0 aliphatic rings. The van der Waals surface area contributed by atoms with Gasteiger partial charge in [0.1, 0.15) is 18.4 Å². The van der Waals surface area contributed by atoms with Gasteiger partial charge in [-0.3, -0.25) is 19.6 Å². The molecule has 0 saturated carbocycles. The van der Waals surface area contributed by atoms with E-state index in [0.717, 1.165) is 25.0 Å². The Balaban J connectivity index is 2.04. The van der Waals surface area contributed by atoms with Crippen molar-refractivity contribution in [3.8, 4) is 0 Å². The number of carbonyl (C=O) groups is 1. The van der Waals surface area contributed by atoms with Crippen molar-refractivity contribution < 1.29 is 9.72 Å². The van der Waals surface area contributed by atoms with E-state index in [-0.39, 0.29) is 11.6 Å². The number of carbonyl (C=O) groups excluding carboxylic acids is 1. The molecule has 1 aromatic carbocycles. The highest BCUT2D eigenvalue weighted by atomic mass is 16.6. The maximum atomic E-state index is 12.3. The van der Waals surface area contributed by atoms with Crippen LogP contribution in [0.2, 0.25) is 0 Å². The van der Waals surface area contributed by atoms with E-state index in [1.165, 1.54) is 10.9 Å². The van der Waals surface area contributed by atoms with Crippen molar-refractivity contribution in [2.75, 3.05) is 23.3 Å². The molecule has 8 nitrogen and oxygen atoms in total. The molecule has 1 atom stereocenters. The molecule has 0 saturated heterocycles. The molecular formula is C16H21N5O3. The van der Waals surface area contributed by atoms with Gasteiger partial charge in [-0.15, -0.1) is 0 Å². The number of hydrogen-bond donors (Lipinski definition) is 1. The van der Waals surface area contributed by atoms with Crippen LogP contribution in [0.3, 0.4) is 0 Å². The summed E-state index contributed by atoms with van der Waals surface area (Å²) in [5, 5.41) is 17.3. The van der Waals surface area contributed by atoms with Crippen molar-refractivity contribution >= 4 is 23.0 Å². The summed E-state index contributed by atoms with van der Waals surface area (Å²) in [7, 11) is 0. The first kappa shape index (κ1) is 17.5. The number of nitro groups is 1. The van der Waals surface area contributed by atoms with Crippen molar-refractivity contribution in [1.82, 2.24) is 9.78 Å². The second-order valence-electron chi connectivity index (χ2n) is 5.32. The van der Waals surface area contributed by atoms with Gasteiger partial charge in [0.05, 0.1) is 4.92 Å². The van der Waals surface area contributed by atoms with E-state index in [9.17, 15) is 14.9 Å². The molecule has 0 radical (unpaired) electrons. The van der Waals surface area contributed by atoms with Gasteiger partial charge in [0.2, 0.25) is 5.91 Å². The van der Waals surface area contributed by atoms with E-state index >= 15 is 0 Å². The van der Waals surface area contributed by atoms with Gasteiger partial charge in [-0.05, 0) is 45.0 Å². The Morgan fingerprint density at radius 2 is 1.96 bits per heavy atom. The molecule has 1 unspecified atom stereocenters. The molecule has 0 fully saturated rings. The molecular weight excluding hydrogens is 310 g/mol. The number of nitrogens with zero attached hydrogens (tertiary/aromatic N) is 4. The topological polar surface area (TPSA) is 93.3 Å². The first-order valence-corrected chi connectivity index (χ1v) is 7.80. The maximum Gasteiger partial charge on any atom is 0.307 e. The van der Waals surface area contributed by atoms with Crippen LogP contribution in [0.1, 0.15) is 26.8 Å². The minimum atomic E-state index is -0.652. The Kier molecular flexibility index (Phi) is 5.51. The zero-order valence-corrected chi connectivity index (χ0v) is 14.0. The molecule has 0 aliphatic carbocycles. The third-order valence-corrected chi connectivity index (χ3v) is 3.84. The third-order valence-electron chi connectivity index (χ3n) is 3.84. The Morgan fingerprint density at radius 1 is 1.33 bits per heavy atom. The van der Waals surface area contributed by atoms with Gasteiger partial charge >= 0.3 is 5.69 Å². The minimum Gasteiger partial charge on any atom is -0.372 e. The van der Waals surface area contributed by atoms with Crippen molar-refractivity contribution in [3.63, 3.8) is 0 Å². The summed E-state index contributed by atoms with van der Waals surface area (Å²) in [4.78, 5) is 24.6. The Morgan fingerprint density at radius 3 is 2.46 bits per heavy atom. The van der Waals surface area contributed by atoms with Gasteiger partial charge in [-0.1, -0.05) is 0 Å². The van der Waals surface area contributed by atoms with Gasteiger partial charge in [-0.25, -0.2) is 0 Å². The first-order chi connectivity index (χ1) is 11.5. The highest BCUT2D eigenvalue weighted by Crippen LogP contribution is 2.19. The predicted molar refractivity (Wildman–Crippen MR) is 92.2 cm³/mol. The lowest BCUT2D eigenvalue weighted by Crippen LogP contribution is -2.24. The van der Waals surface area contributed by atoms with Crippen molar-refractivity contribution in [3.05, 3.63) is 46.8 Å². The summed E-state index contributed by atoms with van der Waals surface area (Å²) in [5.41, 5.74) is 1.62. The van der Waals surface area contributed by atoms with Crippen molar-refractivity contribution in [2.45, 2.75) is 26.8 Å².